The van der Waals surface area contributed by atoms with Crippen LogP contribution in [0.15, 0.2) is 54.6 Å². The van der Waals surface area contributed by atoms with Crippen molar-refractivity contribution < 1.29 is 5.11 Å². The Morgan fingerprint density at radius 2 is 1.81 bits per heavy atom. The molecule has 132 valence electrons. The molecule has 0 fully saturated rings. The number of aliphatic hydroxyl groups excluding tert-OH is 1. The molecule has 3 aromatic rings. The molecule has 0 saturated heterocycles. The number of rotatable bonds is 7. The molecule has 0 spiro atoms. The molecule has 26 heavy (non-hydrogen) atoms. The zero-order chi connectivity index (χ0) is 18.4. The van der Waals surface area contributed by atoms with Gasteiger partial charge in [-0.2, -0.15) is 5.26 Å². The van der Waals surface area contributed by atoms with Crippen LogP contribution in [0.5, 0.6) is 0 Å². The van der Waals surface area contributed by atoms with E-state index in [9.17, 15) is 10.4 Å². The van der Waals surface area contributed by atoms with Crippen molar-refractivity contribution in [2.45, 2.75) is 19.9 Å². The van der Waals surface area contributed by atoms with Gasteiger partial charge in [0.15, 0.2) is 5.82 Å². The maximum Gasteiger partial charge on any atom is 0.207 e. The van der Waals surface area contributed by atoms with E-state index in [0.29, 0.717) is 18.9 Å². The Hall–Kier alpha value is -3.17. The molecule has 1 aromatic heterocycles. The summed E-state index contributed by atoms with van der Waals surface area (Å²) in [6.07, 6.45) is 0.847. The Balaban J connectivity index is 2.00. The summed E-state index contributed by atoms with van der Waals surface area (Å²) in [5.74, 6) is 0.483. The van der Waals surface area contributed by atoms with Gasteiger partial charge in [-0.15, -0.1) is 15.0 Å². The van der Waals surface area contributed by atoms with Gasteiger partial charge in [0.05, 0.1) is 12.3 Å². The molecule has 0 bridgehead atoms. The van der Waals surface area contributed by atoms with Crippen molar-refractivity contribution in [2.75, 3.05) is 18.1 Å². The minimum atomic E-state index is -0.0316. The van der Waals surface area contributed by atoms with Gasteiger partial charge in [-0.05, 0) is 23.6 Å². The molecule has 0 saturated carbocycles. The smallest absolute Gasteiger partial charge is 0.207 e. The molecular formula is C20H21N5O. The van der Waals surface area contributed by atoms with Crippen LogP contribution in [0.4, 0.5) is 5.82 Å². The van der Waals surface area contributed by atoms with E-state index in [0.717, 1.165) is 23.2 Å². The van der Waals surface area contributed by atoms with Crippen molar-refractivity contribution in [2.24, 2.45) is 0 Å². The lowest BCUT2D eigenvalue weighted by molar-refractivity contribution is 0.301. The molecule has 0 radical (unpaired) electrons. The van der Waals surface area contributed by atoms with Gasteiger partial charge in [-0.3, -0.25) is 0 Å². The predicted octanol–water partition coefficient (Wildman–Crippen LogP) is 2.70. The zero-order valence-electron chi connectivity index (χ0n) is 14.7. The van der Waals surface area contributed by atoms with Crippen molar-refractivity contribution in [1.82, 2.24) is 15.0 Å². The Kier molecular flexibility index (Phi) is 5.62. The van der Waals surface area contributed by atoms with E-state index >= 15 is 0 Å². The molecule has 0 aliphatic heterocycles. The van der Waals surface area contributed by atoms with Crippen LogP contribution in [-0.2, 0) is 13.0 Å². The van der Waals surface area contributed by atoms with E-state index in [-0.39, 0.29) is 12.3 Å². The predicted molar refractivity (Wildman–Crippen MR) is 100 cm³/mol. The summed E-state index contributed by atoms with van der Waals surface area (Å²) in [5, 5.41) is 27.9. The average molecular weight is 347 g/mol. The van der Waals surface area contributed by atoms with Crippen LogP contribution in [-0.4, -0.2) is 33.3 Å². The molecule has 6 nitrogen and oxygen atoms in total. The first-order valence-electron chi connectivity index (χ1n) is 8.62. The molecule has 1 heterocycles. The summed E-state index contributed by atoms with van der Waals surface area (Å²) in [5.41, 5.74) is 3.30. The van der Waals surface area contributed by atoms with E-state index in [1.54, 1.807) is 0 Å². The van der Waals surface area contributed by atoms with Crippen LogP contribution in [0.2, 0.25) is 0 Å². The molecule has 0 amide bonds. The fraction of sp³-hybridized carbons (Fsp3) is 0.250. The lowest BCUT2D eigenvalue weighted by Crippen LogP contribution is -2.27. The molecule has 0 atom stereocenters. The van der Waals surface area contributed by atoms with Crippen LogP contribution in [0.25, 0.3) is 5.69 Å². The molecular weight excluding hydrogens is 326 g/mol. The monoisotopic (exact) mass is 347 g/mol. The lowest BCUT2D eigenvalue weighted by atomic mass is 10.1. The molecule has 2 aromatic carbocycles. The average Bonchev–Trinajstić information content (AvgIpc) is 3.12. The van der Waals surface area contributed by atoms with Crippen molar-refractivity contribution in [3.8, 4) is 11.8 Å². The van der Waals surface area contributed by atoms with E-state index in [1.807, 2.05) is 59.5 Å². The second-order valence-corrected chi connectivity index (χ2v) is 5.89. The van der Waals surface area contributed by atoms with Crippen LogP contribution < -0.4 is 4.90 Å². The third-order valence-electron chi connectivity index (χ3n) is 4.18. The Morgan fingerprint density at radius 1 is 1.08 bits per heavy atom. The van der Waals surface area contributed by atoms with Gasteiger partial charge >= 0.3 is 0 Å². The fourth-order valence-corrected chi connectivity index (χ4v) is 2.88. The van der Waals surface area contributed by atoms with Gasteiger partial charge in [0.1, 0.15) is 6.07 Å². The van der Waals surface area contributed by atoms with E-state index in [4.69, 9.17) is 0 Å². The summed E-state index contributed by atoms with van der Waals surface area (Å²) in [7, 11) is 0. The number of anilines is 1. The number of aliphatic hydroxyl groups is 1. The Morgan fingerprint density at radius 3 is 2.50 bits per heavy atom. The van der Waals surface area contributed by atoms with Gasteiger partial charge in [0, 0.05) is 13.1 Å². The van der Waals surface area contributed by atoms with Gasteiger partial charge in [0.25, 0.3) is 0 Å². The quantitative estimate of drug-likeness (QED) is 0.711. The van der Waals surface area contributed by atoms with Crippen molar-refractivity contribution in [3.05, 3.63) is 71.4 Å². The topological polar surface area (TPSA) is 78.0 Å². The highest BCUT2D eigenvalue weighted by atomic mass is 16.3. The van der Waals surface area contributed by atoms with E-state index in [2.05, 4.69) is 23.2 Å². The lowest BCUT2D eigenvalue weighted by Gasteiger charge is -2.21. The summed E-state index contributed by atoms with van der Waals surface area (Å²) < 4.78 is 0. The van der Waals surface area contributed by atoms with Crippen LogP contribution in [0, 0.1) is 11.3 Å². The van der Waals surface area contributed by atoms with Gasteiger partial charge in [-0.1, -0.05) is 55.5 Å². The first-order valence-corrected chi connectivity index (χ1v) is 8.62. The highest BCUT2D eigenvalue weighted by Gasteiger charge is 2.19. The van der Waals surface area contributed by atoms with Crippen molar-refractivity contribution in [1.29, 1.82) is 5.26 Å². The zero-order valence-corrected chi connectivity index (χ0v) is 14.7. The molecule has 0 aliphatic carbocycles. The van der Waals surface area contributed by atoms with Crippen molar-refractivity contribution >= 4 is 5.82 Å². The number of hydrogen-bond donors (Lipinski definition) is 1. The first-order chi connectivity index (χ1) is 12.8. The maximum absolute atomic E-state index is 9.53. The van der Waals surface area contributed by atoms with Gasteiger partial charge in [-0.25, -0.2) is 0 Å². The molecule has 0 aliphatic rings. The molecule has 3 rings (SSSR count). The Bertz CT molecular complexity index is 898. The number of nitrogens with zero attached hydrogens (tertiary/aromatic N) is 5. The third-order valence-corrected chi connectivity index (χ3v) is 4.18. The molecule has 0 unspecified atom stereocenters. The molecule has 6 heteroatoms. The Labute approximate surface area is 152 Å². The second-order valence-electron chi connectivity index (χ2n) is 5.89. The minimum absolute atomic E-state index is 0.0316. The third kappa shape index (κ3) is 3.73. The summed E-state index contributed by atoms with van der Waals surface area (Å²) in [6, 6.07) is 19.9. The van der Waals surface area contributed by atoms with E-state index < -0.39 is 0 Å². The number of para-hydroxylation sites is 1. The first kappa shape index (κ1) is 17.6. The number of aryl methyl sites for hydroxylation is 1. The fourth-order valence-electron chi connectivity index (χ4n) is 2.88. The van der Waals surface area contributed by atoms with Gasteiger partial charge < -0.3 is 10.0 Å². The summed E-state index contributed by atoms with van der Waals surface area (Å²) in [4.78, 5) is 3.40. The SMILES string of the molecule is CCc1ccccc1-n1nc(C#N)c(N(CCO)Cc2ccccc2)n1. The largest absolute Gasteiger partial charge is 0.395 e. The van der Waals surface area contributed by atoms with Crippen molar-refractivity contribution in [3.63, 3.8) is 0 Å². The van der Waals surface area contributed by atoms with Crippen LogP contribution in [0.1, 0.15) is 23.7 Å². The summed E-state index contributed by atoms with van der Waals surface area (Å²) in [6.45, 7) is 2.96. The number of benzene rings is 2. The number of hydrogen-bond acceptors (Lipinski definition) is 5. The molecule has 1 N–H and O–H groups in total. The van der Waals surface area contributed by atoms with Crippen LogP contribution >= 0.6 is 0 Å². The van der Waals surface area contributed by atoms with Gasteiger partial charge in [0.2, 0.25) is 5.69 Å². The normalized spacial score (nSPS) is 10.5. The highest BCUT2D eigenvalue weighted by molar-refractivity contribution is 5.51. The standard InChI is InChI=1S/C20H21N5O/c1-2-17-10-6-7-11-19(17)25-22-18(14-21)20(23-25)24(12-13-26)15-16-8-4-3-5-9-16/h3-11,26H,2,12-13,15H2,1H3. The minimum Gasteiger partial charge on any atom is -0.395 e. The number of nitriles is 1. The van der Waals surface area contributed by atoms with E-state index in [1.165, 1.54) is 4.80 Å². The maximum atomic E-state index is 9.53. The van der Waals surface area contributed by atoms with Crippen LogP contribution in [0.3, 0.4) is 0 Å². The highest BCUT2D eigenvalue weighted by Crippen LogP contribution is 2.21. The number of aromatic nitrogens is 3. The summed E-state index contributed by atoms with van der Waals surface area (Å²) >= 11 is 0. The second kappa shape index (κ2) is 8.28.